The predicted molar refractivity (Wildman–Crippen MR) is 127 cm³/mol. The highest BCUT2D eigenvalue weighted by molar-refractivity contribution is 7.15. The van der Waals surface area contributed by atoms with E-state index >= 15 is 0 Å². The summed E-state index contributed by atoms with van der Waals surface area (Å²) in [5.41, 5.74) is -0.0165. The largest absolute Gasteiger partial charge is 0.423 e. The van der Waals surface area contributed by atoms with E-state index in [1.54, 1.807) is 17.0 Å². The predicted octanol–water partition coefficient (Wildman–Crippen LogP) is 4.12. The lowest BCUT2D eigenvalue weighted by atomic mass is 10.1. The molecule has 1 atom stereocenters. The first-order valence-electron chi connectivity index (χ1n) is 10.9. The average Bonchev–Trinajstić information content (AvgIpc) is 3.33. The van der Waals surface area contributed by atoms with Crippen molar-refractivity contribution < 1.29 is 22.7 Å². The van der Waals surface area contributed by atoms with E-state index in [-0.39, 0.29) is 22.6 Å². The van der Waals surface area contributed by atoms with Crippen molar-refractivity contribution in [1.82, 2.24) is 25.2 Å². The first-order chi connectivity index (χ1) is 16.6. The number of alkyl halides is 3. The fraction of sp³-hybridized carbons (Fsp3) is 0.391. The number of aromatic nitrogens is 3. The van der Waals surface area contributed by atoms with E-state index in [0.717, 1.165) is 44.0 Å². The Labute approximate surface area is 204 Å². The molecule has 3 aromatic rings. The van der Waals surface area contributed by atoms with Crippen LogP contribution in [0, 0.1) is 6.92 Å². The van der Waals surface area contributed by atoms with Gasteiger partial charge in [-0.2, -0.15) is 13.2 Å². The molecule has 1 aliphatic rings. The van der Waals surface area contributed by atoms with Crippen molar-refractivity contribution in [2.45, 2.75) is 25.6 Å². The molecule has 1 fully saturated rings. The minimum absolute atomic E-state index is 0.162. The molecule has 3 heterocycles. The molecule has 1 unspecified atom stereocenters. The quantitative estimate of drug-likeness (QED) is 0.520. The number of piperazine rings is 1. The van der Waals surface area contributed by atoms with E-state index in [9.17, 15) is 18.0 Å². The summed E-state index contributed by atoms with van der Waals surface area (Å²) in [6.45, 7) is 5.53. The van der Waals surface area contributed by atoms with Gasteiger partial charge in [0.1, 0.15) is 10.7 Å². The number of nitrogens with zero attached hydrogens (tertiary/aromatic N) is 4. The zero-order chi connectivity index (χ0) is 25.2. The van der Waals surface area contributed by atoms with Gasteiger partial charge in [0.25, 0.3) is 5.91 Å². The third-order valence-electron chi connectivity index (χ3n) is 5.76. The minimum Gasteiger partial charge on any atom is -0.362 e. The summed E-state index contributed by atoms with van der Waals surface area (Å²) < 4.78 is 45.5. The summed E-state index contributed by atoms with van der Waals surface area (Å²) in [6.07, 6.45) is -1.69. The van der Waals surface area contributed by atoms with Gasteiger partial charge in [0, 0.05) is 51.4 Å². The molecule has 1 aliphatic heterocycles. The number of thiazole rings is 1. The summed E-state index contributed by atoms with van der Waals surface area (Å²) in [5, 5.41) is 6.12. The Balaban J connectivity index is 1.57. The van der Waals surface area contributed by atoms with Gasteiger partial charge in [-0.05, 0) is 43.2 Å². The maximum absolute atomic E-state index is 13.6. The molecule has 2 N–H and O–H groups in total. The summed E-state index contributed by atoms with van der Waals surface area (Å²) in [6, 6.07) is 7.06. The summed E-state index contributed by atoms with van der Waals surface area (Å²) in [4.78, 5) is 27.6. The molecule has 2 aromatic heterocycles. The van der Waals surface area contributed by atoms with E-state index in [2.05, 4.69) is 25.6 Å². The van der Waals surface area contributed by atoms with Gasteiger partial charge < -0.3 is 20.3 Å². The van der Waals surface area contributed by atoms with Crippen molar-refractivity contribution in [3.05, 3.63) is 52.9 Å². The number of rotatable bonds is 6. The second-order valence-electron chi connectivity index (χ2n) is 8.29. The van der Waals surface area contributed by atoms with Gasteiger partial charge in [-0.15, -0.1) is 11.3 Å². The molecule has 1 saturated heterocycles. The molecule has 4 rings (SSSR count). The third kappa shape index (κ3) is 5.29. The van der Waals surface area contributed by atoms with E-state index in [0.29, 0.717) is 29.2 Å². The molecular weight excluding hydrogens is 481 g/mol. The van der Waals surface area contributed by atoms with E-state index in [1.807, 2.05) is 19.1 Å². The Hall–Kier alpha value is -3.09. The molecule has 0 radical (unpaired) electrons. The number of methoxy groups -OCH3 is 1. The van der Waals surface area contributed by atoms with Crippen LogP contribution in [0.4, 0.5) is 24.8 Å². The van der Waals surface area contributed by atoms with Crippen molar-refractivity contribution in [1.29, 1.82) is 0 Å². The maximum Gasteiger partial charge on any atom is 0.423 e. The molecule has 1 amide bonds. The van der Waals surface area contributed by atoms with Crippen LogP contribution in [0.3, 0.4) is 0 Å². The average molecular weight is 507 g/mol. The fourth-order valence-corrected chi connectivity index (χ4v) is 4.70. The number of halogens is 3. The Morgan fingerprint density at radius 2 is 1.94 bits per heavy atom. The van der Waals surface area contributed by atoms with E-state index in [1.165, 1.54) is 12.4 Å². The van der Waals surface area contributed by atoms with Crippen molar-refractivity contribution in [3.63, 3.8) is 0 Å². The van der Waals surface area contributed by atoms with Crippen molar-refractivity contribution in [3.8, 4) is 10.4 Å². The molecule has 1 aromatic carbocycles. The fourth-order valence-electron chi connectivity index (χ4n) is 3.65. The first kappa shape index (κ1) is 25.0. The molecule has 0 saturated carbocycles. The number of nitrogens with one attached hydrogen (secondary N) is 2. The second-order valence-corrected chi connectivity index (χ2v) is 9.32. The van der Waals surface area contributed by atoms with E-state index in [4.69, 9.17) is 4.74 Å². The standard InChI is InChI=1S/C23H25F3N6O2S/c1-14-10-15(18-13-29-20(35-18)22(2,34-3)23(24,25)26)12-16(11-14)30-21-28-5-4-17(31-21)19(33)32-8-6-27-7-9-32/h4-5,10-13,27H,6-9H2,1-3H3,(H,28,30,31). The molecule has 35 heavy (non-hydrogen) atoms. The van der Waals surface area contributed by atoms with Crippen LogP contribution < -0.4 is 10.6 Å². The number of benzene rings is 1. The summed E-state index contributed by atoms with van der Waals surface area (Å²) in [7, 11) is 1.02. The Morgan fingerprint density at radius 3 is 2.63 bits per heavy atom. The van der Waals surface area contributed by atoms with E-state index < -0.39 is 11.8 Å². The third-order valence-corrected chi connectivity index (χ3v) is 7.01. The van der Waals surface area contributed by atoms with Crippen LogP contribution in [-0.2, 0) is 10.3 Å². The zero-order valence-electron chi connectivity index (χ0n) is 19.4. The second kappa shape index (κ2) is 9.88. The number of ether oxygens (including phenoxy) is 1. The van der Waals surface area contributed by atoms with Crippen molar-refractivity contribution in [2.75, 3.05) is 38.6 Å². The lowest BCUT2D eigenvalue weighted by Gasteiger charge is -2.28. The number of hydrogen-bond donors (Lipinski definition) is 2. The number of carbonyl (C=O) groups excluding carboxylic acids is 1. The Kier molecular flexibility index (Phi) is 7.06. The van der Waals surface area contributed by atoms with Crippen LogP contribution in [0.5, 0.6) is 0 Å². The van der Waals surface area contributed by atoms with Gasteiger partial charge in [0.05, 0.1) is 4.88 Å². The minimum atomic E-state index is -4.61. The summed E-state index contributed by atoms with van der Waals surface area (Å²) in [5.74, 6) is 0.0847. The van der Waals surface area contributed by atoms with Gasteiger partial charge in [0.15, 0.2) is 0 Å². The lowest BCUT2D eigenvalue weighted by Crippen LogP contribution is -2.46. The number of anilines is 2. The molecule has 186 valence electrons. The highest BCUT2D eigenvalue weighted by Gasteiger charge is 2.55. The zero-order valence-corrected chi connectivity index (χ0v) is 20.3. The van der Waals surface area contributed by atoms with Crippen LogP contribution in [0.15, 0.2) is 36.7 Å². The van der Waals surface area contributed by atoms with Crippen molar-refractivity contribution in [2.24, 2.45) is 0 Å². The Morgan fingerprint density at radius 1 is 1.20 bits per heavy atom. The molecule has 0 spiro atoms. The lowest BCUT2D eigenvalue weighted by molar-refractivity contribution is -0.269. The van der Waals surface area contributed by atoms with Gasteiger partial charge >= 0.3 is 6.18 Å². The molecule has 0 aliphatic carbocycles. The van der Waals surface area contributed by atoms with Crippen LogP contribution >= 0.6 is 11.3 Å². The van der Waals surface area contributed by atoms with Crippen LogP contribution in [0.1, 0.15) is 28.0 Å². The summed E-state index contributed by atoms with van der Waals surface area (Å²) >= 11 is 0.920. The molecule has 0 bridgehead atoms. The number of aryl methyl sites for hydroxylation is 1. The van der Waals surface area contributed by atoms with Gasteiger partial charge in [-0.3, -0.25) is 4.79 Å². The van der Waals surface area contributed by atoms with Crippen LogP contribution in [-0.4, -0.2) is 65.2 Å². The van der Waals surface area contributed by atoms with Crippen LogP contribution in [0.2, 0.25) is 0 Å². The monoisotopic (exact) mass is 506 g/mol. The molecule has 12 heteroatoms. The Bertz CT molecular complexity index is 1210. The SMILES string of the molecule is COC(C)(c1ncc(-c2cc(C)cc(Nc3nccc(C(=O)N4CCNCC4)n3)c2)s1)C(F)(F)F. The van der Waals surface area contributed by atoms with Crippen molar-refractivity contribution >= 4 is 28.9 Å². The number of amides is 1. The number of carbonyl (C=O) groups is 1. The number of hydrogen-bond acceptors (Lipinski definition) is 8. The normalized spacial score (nSPS) is 16.1. The topological polar surface area (TPSA) is 92.3 Å². The molecular formula is C23H25F3N6O2S. The highest BCUT2D eigenvalue weighted by atomic mass is 32.1. The highest BCUT2D eigenvalue weighted by Crippen LogP contribution is 2.44. The van der Waals surface area contributed by atoms with Gasteiger partial charge in [-0.25, -0.2) is 15.0 Å². The smallest absolute Gasteiger partial charge is 0.362 e. The van der Waals surface area contributed by atoms with Gasteiger partial charge in [-0.1, -0.05) is 6.07 Å². The molecule has 8 nitrogen and oxygen atoms in total. The maximum atomic E-state index is 13.6. The van der Waals surface area contributed by atoms with Gasteiger partial charge in [0.2, 0.25) is 11.5 Å². The van der Waals surface area contributed by atoms with Crippen LogP contribution in [0.25, 0.3) is 10.4 Å². The first-order valence-corrected chi connectivity index (χ1v) is 11.7.